The molecule has 1 heterocycles. The van der Waals surface area contributed by atoms with Crippen LogP contribution in [0.25, 0.3) is 5.57 Å². The van der Waals surface area contributed by atoms with E-state index in [0.717, 1.165) is 55.6 Å². The Labute approximate surface area is 245 Å². The first-order valence-corrected chi connectivity index (χ1v) is 14.2. The number of benzene rings is 1. The van der Waals surface area contributed by atoms with Gasteiger partial charge >= 0.3 is 12.1 Å². The van der Waals surface area contributed by atoms with E-state index < -0.39 is 18.7 Å². The third kappa shape index (κ3) is 10.3. The smallest absolute Gasteiger partial charge is 0.407 e. The Balaban J connectivity index is 1.63. The fraction of sp³-hybridized carbons (Fsp3) is 0.516. The summed E-state index contributed by atoms with van der Waals surface area (Å²) in [5.74, 6) is 1.09. The summed E-state index contributed by atoms with van der Waals surface area (Å²) in [6, 6.07) is 5.64. The van der Waals surface area contributed by atoms with Crippen LogP contribution in [-0.4, -0.2) is 63.0 Å². The molecular weight excluding hydrogens is 549 g/mol. The molecule has 3 N–H and O–H groups in total. The largest absolute Gasteiger partial charge is 0.498 e. The van der Waals surface area contributed by atoms with E-state index in [9.17, 15) is 23.1 Å². The van der Waals surface area contributed by atoms with Crippen molar-refractivity contribution in [2.45, 2.75) is 52.1 Å². The van der Waals surface area contributed by atoms with Crippen LogP contribution in [0.15, 0.2) is 52.9 Å². The van der Waals surface area contributed by atoms with E-state index in [0.29, 0.717) is 35.5 Å². The van der Waals surface area contributed by atoms with Gasteiger partial charge in [-0.25, -0.2) is 0 Å². The van der Waals surface area contributed by atoms with Crippen LogP contribution >= 0.6 is 0 Å². The van der Waals surface area contributed by atoms with Crippen molar-refractivity contribution in [2.24, 2.45) is 22.9 Å². The number of carboxylic acids is 1. The van der Waals surface area contributed by atoms with Crippen LogP contribution in [-0.2, 0) is 9.53 Å². The molecule has 230 valence electrons. The lowest BCUT2D eigenvalue weighted by molar-refractivity contribution is -0.138. The molecule has 11 heteroatoms. The zero-order valence-corrected chi connectivity index (χ0v) is 24.4. The number of anilines is 1. The zero-order chi connectivity index (χ0) is 30.7. The summed E-state index contributed by atoms with van der Waals surface area (Å²) in [6.07, 6.45) is 7.41. The maximum atomic E-state index is 12.5. The molecule has 0 amide bonds. The number of aliphatic carboxylic acids is 1. The van der Waals surface area contributed by atoms with E-state index in [4.69, 9.17) is 14.9 Å². The van der Waals surface area contributed by atoms with Crippen LogP contribution in [0.5, 0.6) is 5.75 Å². The second-order valence-corrected chi connectivity index (χ2v) is 10.7. The van der Waals surface area contributed by atoms with Crippen molar-refractivity contribution >= 4 is 29.7 Å². The number of ether oxygens (including phenoxy) is 2. The van der Waals surface area contributed by atoms with Gasteiger partial charge < -0.3 is 30.3 Å². The molecule has 2 aliphatic rings. The number of nitrogens with one attached hydrogen (secondary N) is 2. The minimum Gasteiger partial charge on any atom is -0.498 e. The van der Waals surface area contributed by atoms with E-state index >= 15 is 0 Å². The highest BCUT2D eigenvalue weighted by atomic mass is 19.4. The predicted octanol–water partition coefficient (Wildman–Crippen LogP) is 6.45. The molecule has 0 spiro atoms. The maximum absolute atomic E-state index is 12.5. The first kappa shape index (κ1) is 32.8. The van der Waals surface area contributed by atoms with Crippen molar-refractivity contribution in [1.29, 1.82) is 5.41 Å². The Kier molecular flexibility index (Phi) is 12.1. The minimum atomic E-state index is -4.35. The van der Waals surface area contributed by atoms with Crippen LogP contribution in [0.2, 0.25) is 0 Å². The number of rotatable bonds is 15. The third-order valence-electron chi connectivity index (χ3n) is 7.56. The molecular formula is C31H41F3N4O4. The van der Waals surface area contributed by atoms with Gasteiger partial charge in [0.05, 0.1) is 32.1 Å². The number of carbonyl (C=O) groups is 1. The average molecular weight is 591 g/mol. The van der Waals surface area contributed by atoms with Gasteiger partial charge in [-0.2, -0.15) is 18.3 Å². The third-order valence-corrected chi connectivity index (χ3v) is 7.56. The van der Waals surface area contributed by atoms with Gasteiger partial charge in [0.25, 0.3) is 0 Å². The van der Waals surface area contributed by atoms with Gasteiger partial charge in [-0.15, -0.1) is 0 Å². The predicted molar refractivity (Wildman–Crippen MR) is 159 cm³/mol. The minimum absolute atomic E-state index is 0.0453. The van der Waals surface area contributed by atoms with Crippen molar-refractivity contribution in [3.8, 4) is 5.75 Å². The van der Waals surface area contributed by atoms with Crippen LogP contribution in [0.4, 0.5) is 18.9 Å². The van der Waals surface area contributed by atoms with E-state index in [-0.39, 0.29) is 12.3 Å². The second-order valence-electron chi connectivity index (χ2n) is 10.7. The van der Waals surface area contributed by atoms with Gasteiger partial charge in [-0.3, -0.25) is 4.79 Å². The van der Waals surface area contributed by atoms with Crippen molar-refractivity contribution in [1.82, 2.24) is 5.43 Å². The van der Waals surface area contributed by atoms with Crippen molar-refractivity contribution < 1.29 is 32.5 Å². The highest BCUT2D eigenvalue weighted by Gasteiger charge is 2.34. The van der Waals surface area contributed by atoms with E-state index in [1.807, 2.05) is 44.2 Å². The lowest BCUT2D eigenvalue weighted by Gasteiger charge is -2.35. The summed E-state index contributed by atoms with van der Waals surface area (Å²) in [7, 11) is 1.59. The van der Waals surface area contributed by atoms with Gasteiger partial charge in [0.2, 0.25) is 0 Å². The Hall–Kier alpha value is -3.76. The zero-order valence-electron chi connectivity index (χ0n) is 24.4. The standard InChI is InChI=1S/C31H41F3N4O4/c1-4-23(18-36-37-20-31(32,33)34)27-8-7-26(41-3)16-29(27)38-13-10-22(11-14-38)19-42-21(2)15-25(9-12-35)28(17-30(39)40)24-5-6-24/h4,7-9,12,15-16,18,22,24,28,35,37H,5-6,10-11,13-14,17,19-20H2,1-3H3,(H,39,40)/b21-15+,23-4+,25-9+,35-12?,36-18-. The molecule has 1 aliphatic carbocycles. The molecule has 0 bridgehead atoms. The Morgan fingerprint density at radius 1 is 1.26 bits per heavy atom. The average Bonchev–Trinajstić information content (AvgIpc) is 3.80. The lowest BCUT2D eigenvalue weighted by atomic mass is 9.90. The summed E-state index contributed by atoms with van der Waals surface area (Å²) in [4.78, 5) is 13.6. The molecule has 42 heavy (non-hydrogen) atoms. The molecule has 1 aromatic rings. The Morgan fingerprint density at radius 3 is 2.55 bits per heavy atom. The highest BCUT2D eigenvalue weighted by molar-refractivity contribution is 6.11. The Bertz CT molecular complexity index is 1200. The van der Waals surface area contributed by atoms with Gasteiger partial charge in [0, 0.05) is 36.6 Å². The number of carboxylic acid groups (broad SMARTS) is 1. The fourth-order valence-corrected chi connectivity index (χ4v) is 5.18. The highest BCUT2D eigenvalue weighted by Crippen LogP contribution is 2.43. The van der Waals surface area contributed by atoms with Crippen LogP contribution in [0.1, 0.15) is 51.5 Å². The number of hydrogen-bond acceptors (Lipinski definition) is 7. The van der Waals surface area contributed by atoms with E-state index in [2.05, 4.69) is 15.4 Å². The first-order chi connectivity index (χ1) is 20.0. The second kappa shape index (κ2) is 15.5. The molecule has 1 atom stereocenters. The van der Waals surface area contributed by atoms with E-state index in [1.165, 1.54) is 12.4 Å². The molecule has 1 saturated heterocycles. The first-order valence-electron chi connectivity index (χ1n) is 14.2. The fourth-order valence-electron chi connectivity index (χ4n) is 5.18. The van der Waals surface area contributed by atoms with Crippen LogP contribution < -0.4 is 15.1 Å². The number of nitrogens with zero attached hydrogens (tertiary/aromatic N) is 2. The molecule has 1 unspecified atom stereocenters. The normalized spacial score (nSPS) is 18.2. The summed E-state index contributed by atoms with van der Waals surface area (Å²) in [6.45, 7) is 4.53. The number of methoxy groups -OCH3 is 1. The molecule has 0 aromatic heterocycles. The molecule has 2 fully saturated rings. The van der Waals surface area contributed by atoms with Crippen molar-refractivity contribution in [3.05, 3.63) is 53.3 Å². The number of piperidine rings is 1. The van der Waals surface area contributed by atoms with Gasteiger partial charge in [0.15, 0.2) is 0 Å². The van der Waals surface area contributed by atoms with Gasteiger partial charge in [-0.05, 0) is 92.7 Å². The molecule has 1 saturated carbocycles. The van der Waals surface area contributed by atoms with E-state index in [1.54, 1.807) is 13.2 Å². The van der Waals surface area contributed by atoms with Crippen molar-refractivity contribution in [3.63, 3.8) is 0 Å². The summed E-state index contributed by atoms with van der Waals surface area (Å²) in [5, 5.41) is 20.7. The van der Waals surface area contributed by atoms with Gasteiger partial charge in [0.1, 0.15) is 12.3 Å². The monoisotopic (exact) mass is 590 g/mol. The van der Waals surface area contributed by atoms with Crippen LogP contribution in [0, 0.1) is 23.2 Å². The Morgan fingerprint density at radius 2 is 1.98 bits per heavy atom. The number of hydrogen-bond donors (Lipinski definition) is 3. The van der Waals surface area contributed by atoms with Crippen LogP contribution in [0.3, 0.4) is 0 Å². The lowest BCUT2D eigenvalue weighted by Crippen LogP contribution is -2.35. The summed E-state index contributed by atoms with van der Waals surface area (Å²) in [5.41, 5.74) is 5.34. The number of hydrazone groups is 1. The molecule has 8 nitrogen and oxygen atoms in total. The molecule has 1 aliphatic heterocycles. The summed E-state index contributed by atoms with van der Waals surface area (Å²) >= 11 is 0. The molecule has 1 aromatic carbocycles. The maximum Gasteiger partial charge on any atom is 0.407 e. The number of alkyl halides is 3. The molecule has 0 radical (unpaired) electrons. The van der Waals surface area contributed by atoms with Crippen molar-refractivity contribution in [2.75, 3.05) is 38.3 Å². The SMILES string of the molecule is C/C=C(\C=N/NCC(F)(F)F)c1ccc(OC)cc1N1CCC(CO/C(C)=C/C(=C\C=N)C(CC(=O)O)C2CC2)CC1. The molecule has 3 rings (SSSR count). The summed E-state index contributed by atoms with van der Waals surface area (Å²) < 4.78 is 49.0. The topological polar surface area (TPSA) is 107 Å². The number of halogens is 3. The van der Waals surface area contributed by atoms with Gasteiger partial charge in [-0.1, -0.05) is 6.08 Å². The quantitative estimate of drug-likeness (QED) is 0.0938. The number of allylic oxidation sites excluding steroid dienone is 6.